The van der Waals surface area contributed by atoms with Gasteiger partial charge in [-0.1, -0.05) is 6.07 Å². The molecule has 0 saturated carbocycles. The number of primary amides is 1. The zero-order chi connectivity index (χ0) is 13.1. The first kappa shape index (κ1) is 12.2. The molecule has 0 radical (unpaired) electrons. The van der Waals surface area contributed by atoms with E-state index in [4.69, 9.17) is 5.73 Å². The highest BCUT2D eigenvalue weighted by molar-refractivity contribution is 5.93. The van der Waals surface area contributed by atoms with Crippen LogP contribution >= 0.6 is 0 Å². The molecule has 5 heteroatoms. The highest BCUT2D eigenvalue weighted by atomic mass is 16.1. The van der Waals surface area contributed by atoms with Crippen molar-refractivity contribution in [3.63, 3.8) is 0 Å². The van der Waals surface area contributed by atoms with Crippen LogP contribution in [-0.4, -0.2) is 15.5 Å². The highest BCUT2D eigenvalue weighted by Gasteiger charge is 2.10. The van der Waals surface area contributed by atoms with Crippen LogP contribution in [0.2, 0.25) is 0 Å². The quantitative estimate of drug-likeness (QED) is 0.859. The Bertz CT molecular complexity index is 562. The van der Waals surface area contributed by atoms with Gasteiger partial charge in [0.05, 0.1) is 6.04 Å². The molecule has 0 aliphatic carbocycles. The lowest BCUT2D eigenvalue weighted by molar-refractivity contribution is 0.100. The Morgan fingerprint density at radius 1 is 1.50 bits per heavy atom. The number of amides is 1. The van der Waals surface area contributed by atoms with Crippen LogP contribution < -0.4 is 11.1 Å². The highest BCUT2D eigenvalue weighted by Crippen LogP contribution is 2.18. The summed E-state index contributed by atoms with van der Waals surface area (Å²) in [5, 5.41) is 3.29. The second-order valence-corrected chi connectivity index (χ2v) is 4.21. The van der Waals surface area contributed by atoms with Gasteiger partial charge in [0.25, 0.3) is 0 Å². The molecule has 1 unspecified atom stereocenters. The second kappa shape index (κ2) is 4.91. The van der Waals surface area contributed by atoms with Crippen LogP contribution in [0.15, 0.2) is 36.7 Å². The molecule has 0 aliphatic heterocycles. The zero-order valence-electron chi connectivity index (χ0n) is 10.4. The van der Waals surface area contributed by atoms with E-state index in [9.17, 15) is 4.79 Å². The molecule has 1 aromatic heterocycles. The van der Waals surface area contributed by atoms with Crippen LogP contribution in [0.25, 0.3) is 0 Å². The molecule has 1 aromatic carbocycles. The van der Waals surface area contributed by atoms with Crippen molar-refractivity contribution in [3.05, 3.63) is 48.0 Å². The van der Waals surface area contributed by atoms with E-state index in [0.717, 1.165) is 11.5 Å². The molecule has 2 aromatic rings. The summed E-state index contributed by atoms with van der Waals surface area (Å²) in [4.78, 5) is 15.4. The Labute approximate surface area is 106 Å². The molecule has 2 rings (SSSR count). The van der Waals surface area contributed by atoms with Gasteiger partial charge in [-0.15, -0.1) is 0 Å². The molecule has 1 amide bonds. The van der Waals surface area contributed by atoms with Crippen molar-refractivity contribution >= 4 is 11.6 Å². The number of imidazole rings is 1. The summed E-state index contributed by atoms with van der Waals surface area (Å²) in [6.07, 6.45) is 3.65. The van der Waals surface area contributed by atoms with Crippen LogP contribution in [0, 0.1) is 0 Å². The standard InChI is InChI=1S/C13H16N4O/c1-9(13-15-6-7-17(13)2)16-11-5-3-4-10(8-11)12(14)18/h3-9,16H,1-2H3,(H2,14,18). The third-order valence-corrected chi connectivity index (χ3v) is 2.78. The number of hydrogen-bond donors (Lipinski definition) is 2. The topological polar surface area (TPSA) is 72.9 Å². The summed E-state index contributed by atoms with van der Waals surface area (Å²) in [6.45, 7) is 2.01. The SMILES string of the molecule is CC(Nc1cccc(C(N)=O)c1)c1nccn1C. The van der Waals surface area contributed by atoms with E-state index in [1.54, 1.807) is 24.4 Å². The number of benzene rings is 1. The van der Waals surface area contributed by atoms with Gasteiger partial charge in [0.2, 0.25) is 5.91 Å². The third-order valence-electron chi connectivity index (χ3n) is 2.78. The Kier molecular flexibility index (Phi) is 3.32. The molecular weight excluding hydrogens is 228 g/mol. The van der Waals surface area contributed by atoms with Gasteiger partial charge >= 0.3 is 0 Å². The normalized spacial score (nSPS) is 12.1. The molecule has 0 fully saturated rings. The maximum absolute atomic E-state index is 11.1. The first-order valence-electron chi connectivity index (χ1n) is 5.71. The number of carbonyl (C=O) groups excluding carboxylic acids is 1. The second-order valence-electron chi connectivity index (χ2n) is 4.21. The van der Waals surface area contributed by atoms with E-state index < -0.39 is 5.91 Å². The van der Waals surface area contributed by atoms with Gasteiger partial charge in [0.1, 0.15) is 5.82 Å². The van der Waals surface area contributed by atoms with Crippen LogP contribution in [-0.2, 0) is 7.05 Å². The lowest BCUT2D eigenvalue weighted by atomic mass is 10.2. The van der Waals surface area contributed by atoms with Crippen LogP contribution in [0.1, 0.15) is 29.1 Å². The molecule has 1 heterocycles. The monoisotopic (exact) mass is 244 g/mol. The number of nitrogens with one attached hydrogen (secondary N) is 1. The summed E-state index contributed by atoms with van der Waals surface area (Å²) in [7, 11) is 1.94. The van der Waals surface area contributed by atoms with Crippen LogP contribution in [0.3, 0.4) is 0 Å². The summed E-state index contributed by atoms with van der Waals surface area (Å²) >= 11 is 0. The van der Waals surface area contributed by atoms with Gasteiger partial charge in [0.15, 0.2) is 0 Å². The zero-order valence-corrected chi connectivity index (χ0v) is 10.4. The number of anilines is 1. The molecule has 1 atom stereocenters. The van der Waals surface area contributed by atoms with Crippen molar-refractivity contribution in [2.45, 2.75) is 13.0 Å². The Hall–Kier alpha value is -2.30. The van der Waals surface area contributed by atoms with Gasteiger partial charge in [0, 0.05) is 30.7 Å². The molecule has 94 valence electrons. The maximum atomic E-state index is 11.1. The Morgan fingerprint density at radius 3 is 2.89 bits per heavy atom. The lowest BCUT2D eigenvalue weighted by Gasteiger charge is -2.15. The van der Waals surface area contributed by atoms with Crippen molar-refractivity contribution in [1.82, 2.24) is 9.55 Å². The van der Waals surface area contributed by atoms with E-state index in [1.807, 2.05) is 30.8 Å². The number of aromatic nitrogens is 2. The fourth-order valence-electron chi connectivity index (χ4n) is 1.87. The third kappa shape index (κ3) is 2.51. The number of rotatable bonds is 4. The van der Waals surface area contributed by atoms with E-state index in [-0.39, 0.29) is 6.04 Å². The average molecular weight is 244 g/mol. The molecule has 0 saturated heterocycles. The lowest BCUT2D eigenvalue weighted by Crippen LogP contribution is -2.14. The average Bonchev–Trinajstić information content (AvgIpc) is 2.76. The maximum Gasteiger partial charge on any atom is 0.248 e. The van der Waals surface area contributed by atoms with Gasteiger partial charge in [-0.05, 0) is 25.1 Å². The number of aryl methyl sites for hydroxylation is 1. The molecule has 18 heavy (non-hydrogen) atoms. The predicted molar refractivity (Wildman–Crippen MR) is 70.2 cm³/mol. The Morgan fingerprint density at radius 2 is 2.28 bits per heavy atom. The fourth-order valence-corrected chi connectivity index (χ4v) is 1.87. The smallest absolute Gasteiger partial charge is 0.248 e. The Balaban J connectivity index is 2.17. The van der Waals surface area contributed by atoms with Gasteiger partial charge in [-0.25, -0.2) is 4.98 Å². The van der Waals surface area contributed by atoms with Gasteiger partial charge in [-0.3, -0.25) is 4.79 Å². The molecular formula is C13H16N4O. The summed E-state index contributed by atoms with van der Waals surface area (Å²) < 4.78 is 1.95. The van der Waals surface area contributed by atoms with Crippen molar-refractivity contribution < 1.29 is 4.79 Å². The number of hydrogen-bond acceptors (Lipinski definition) is 3. The molecule has 0 bridgehead atoms. The summed E-state index contributed by atoms with van der Waals surface area (Å²) in [5.41, 5.74) is 6.59. The van der Waals surface area contributed by atoms with Crippen molar-refractivity contribution in [2.75, 3.05) is 5.32 Å². The van der Waals surface area contributed by atoms with Crippen molar-refractivity contribution in [2.24, 2.45) is 12.8 Å². The molecule has 0 aliphatic rings. The van der Waals surface area contributed by atoms with Crippen molar-refractivity contribution in [3.8, 4) is 0 Å². The summed E-state index contributed by atoms with van der Waals surface area (Å²) in [6, 6.07) is 7.17. The van der Waals surface area contributed by atoms with E-state index in [2.05, 4.69) is 10.3 Å². The minimum absolute atomic E-state index is 0.0492. The van der Waals surface area contributed by atoms with Gasteiger partial charge < -0.3 is 15.6 Å². The van der Waals surface area contributed by atoms with Crippen LogP contribution in [0.5, 0.6) is 0 Å². The molecule has 3 N–H and O–H groups in total. The molecule has 5 nitrogen and oxygen atoms in total. The number of nitrogens with two attached hydrogens (primary N) is 1. The fraction of sp³-hybridized carbons (Fsp3) is 0.231. The van der Waals surface area contributed by atoms with E-state index in [1.165, 1.54) is 0 Å². The number of nitrogens with zero attached hydrogens (tertiary/aromatic N) is 2. The van der Waals surface area contributed by atoms with Crippen molar-refractivity contribution in [1.29, 1.82) is 0 Å². The van der Waals surface area contributed by atoms with E-state index in [0.29, 0.717) is 5.56 Å². The summed E-state index contributed by atoms with van der Waals surface area (Å²) in [5.74, 6) is 0.503. The minimum Gasteiger partial charge on any atom is -0.375 e. The van der Waals surface area contributed by atoms with Crippen LogP contribution in [0.4, 0.5) is 5.69 Å². The van der Waals surface area contributed by atoms with Gasteiger partial charge in [-0.2, -0.15) is 0 Å². The molecule has 0 spiro atoms. The first-order chi connectivity index (χ1) is 8.58. The largest absolute Gasteiger partial charge is 0.375 e. The number of carbonyl (C=O) groups is 1. The first-order valence-corrected chi connectivity index (χ1v) is 5.71. The minimum atomic E-state index is -0.428. The van der Waals surface area contributed by atoms with E-state index >= 15 is 0 Å². The predicted octanol–water partition coefficient (Wildman–Crippen LogP) is 1.69.